The van der Waals surface area contributed by atoms with Crippen LogP contribution in [-0.2, 0) is 0 Å². The van der Waals surface area contributed by atoms with Crippen molar-refractivity contribution in [3.8, 4) is 17.0 Å². The first-order valence-electron chi connectivity index (χ1n) is 11.4. The molecule has 0 aliphatic carbocycles. The maximum Gasteiger partial charge on any atom is 0.344 e. The van der Waals surface area contributed by atoms with Crippen molar-refractivity contribution in [2.24, 2.45) is 5.10 Å². The second kappa shape index (κ2) is 11.0. The van der Waals surface area contributed by atoms with Crippen LogP contribution in [0.1, 0.15) is 26.3 Å². The molecule has 0 aliphatic heterocycles. The molecule has 7 heteroatoms. The number of nitrogens with one attached hydrogen (secondary N) is 1. The maximum absolute atomic E-state index is 13.1. The van der Waals surface area contributed by atoms with Crippen molar-refractivity contribution in [2.75, 3.05) is 0 Å². The van der Waals surface area contributed by atoms with Gasteiger partial charge in [-0.05, 0) is 57.9 Å². The number of halogens is 1. The van der Waals surface area contributed by atoms with Crippen LogP contribution in [0.4, 0.5) is 0 Å². The van der Waals surface area contributed by atoms with Crippen LogP contribution in [0.3, 0.4) is 0 Å². The summed E-state index contributed by atoms with van der Waals surface area (Å²) in [4.78, 5) is 30.3. The Morgan fingerprint density at radius 2 is 1.57 bits per heavy atom. The predicted octanol–water partition coefficient (Wildman–Crippen LogP) is 6.65. The summed E-state index contributed by atoms with van der Waals surface area (Å²) in [6, 6.07) is 32.9. The minimum atomic E-state index is -0.478. The van der Waals surface area contributed by atoms with Gasteiger partial charge in [0.2, 0.25) is 0 Å². The number of rotatable bonds is 6. The van der Waals surface area contributed by atoms with Gasteiger partial charge in [-0.15, -0.1) is 0 Å². The molecule has 0 unspecified atom stereocenters. The van der Waals surface area contributed by atoms with Crippen LogP contribution in [0.2, 0.25) is 0 Å². The molecule has 0 atom stereocenters. The molecular formula is C30H20BrN3O3. The third-order valence-electron chi connectivity index (χ3n) is 5.57. The predicted molar refractivity (Wildman–Crippen MR) is 148 cm³/mol. The number of amides is 1. The van der Waals surface area contributed by atoms with Crippen molar-refractivity contribution in [1.82, 2.24) is 10.4 Å². The summed E-state index contributed by atoms with van der Waals surface area (Å²) in [5.74, 6) is -0.471. The lowest BCUT2D eigenvalue weighted by atomic mass is 10.0. The summed E-state index contributed by atoms with van der Waals surface area (Å²) in [6.07, 6.45) is 1.50. The first-order valence-corrected chi connectivity index (χ1v) is 12.2. The molecule has 0 saturated carbocycles. The van der Waals surface area contributed by atoms with E-state index in [9.17, 15) is 9.59 Å². The van der Waals surface area contributed by atoms with Gasteiger partial charge in [0, 0.05) is 15.4 Å². The number of hydrogen-bond donors (Lipinski definition) is 1. The molecule has 0 aliphatic rings. The third-order valence-corrected chi connectivity index (χ3v) is 6.26. The van der Waals surface area contributed by atoms with E-state index in [1.165, 1.54) is 6.21 Å². The maximum atomic E-state index is 13.1. The van der Waals surface area contributed by atoms with Gasteiger partial charge in [0.05, 0.1) is 28.6 Å². The van der Waals surface area contributed by atoms with Crippen LogP contribution in [0.5, 0.6) is 5.75 Å². The largest absolute Gasteiger partial charge is 0.423 e. The van der Waals surface area contributed by atoms with Gasteiger partial charge in [0.1, 0.15) is 5.75 Å². The smallest absolute Gasteiger partial charge is 0.344 e. The van der Waals surface area contributed by atoms with Crippen molar-refractivity contribution in [3.05, 3.63) is 130 Å². The number of fused-ring (bicyclic) bond motifs is 1. The molecule has 4 aromatic carbocycles. The summed E-state index contributed by atoms with van der Waals surface area (Å²) in [5.41, 5.74) is 6.49. The third kappa shape index (κ3) is 5.63. The molecule has 1 heterocycles. The number of carbonyl (C=O) groups is 2. The van der Waals surface area contributed by atoms with Crippen LogP contribution in [0, 0.1) is 0 Å². The van der Waals surface area contributed by atoms with Crippen LogP contribution in [-0.4, -0.2) is 23.1 Å². The first kappa shape index (κ1) is 24.1. The standard InChI is InChI=1S/C30H20BrN3O3/c31-26-15-6-4-14-24(26)30(36)37-22-12-8-9-20(17-22)19-32-34-29(35)25-18-28(21-10-2-1-3-11-21)33-27-16-7-5-13-23(25)27/h1-19H,(H,34,35). The summed E-state index contributed by atoms with van der Waals surface area (Å²) in [5, 5.41) is 4.86. The van der Waals surface area contributed by atoms with E-state index in [2.05, 4.69) is 26.5 Å². The Morgan fingerprint density at radius 1 is 0.811 bits per heavy atom. The van der Waals surface area contributed by atoms with E-state index >= 15 is 0 Å². The number of carbonyl (C=O) groups excluding carboxylic acids is 2. The summed E-state index contributed by atoms with van der Waals surface area (Å²) < 4.78 is 6.15. The minimum Gasteiger partial charge on any atom is -0.423 e. The molecule has 0 spiro atoms. The highest BCUT2D eigenvalue weighted by Gasteiger charge is 2.14. The van der Waals surface area contributed by atoms with Crippen LogP contribution in [0.25, 0.3) is 22.2 Å². The Hall–Kier alpha value is -4.62. The van der Waals surface area contributed by atoms with Crippen molar-refractivity contribution < 1.29 is 14.3 Å². The van der Waals surface area contributed by atoms with Gasteiger partial charge in [0.15, 0.2) is 0 Å². The number of aromatic nitrogens is 1. The van der Waals surface area contributed by atoms with Gasteiger partial charge in [-0.1, -0.05) is 72.8 Å². The van der Waals surface area contributed by atoms with E-state index in [-0.39, 0.29) is 5.91 Å². The normalized spacial score (nSPS) is 10.9. The molecule has 37 heavy (non-hydrogen) atoms. The first-order chi connectivity index (χ1) is 18.1. The number of esters is 1. The number of hydrazone groups is 1. The monoisotopic (exact) mass is 549 g/mol. The fourth-order valence-corrected chi connectivity index (χ4v) is 4.24. The Kier molecular flexibility index (Phi) is 7.14. The fourth-order valence-electron chi connectivity index (χ4n) is 3.79. The molecule has 0 fully saturated rings. The molecule has 5 aromatic rings. The molecule has 0 bridgehead atoms. The number of ether oxygens (including phenoxy) is 1. The van der Waals surface area contributed by atoms with Crippen LogP contribution >= 0.6 is 15.9 Å². The second-order valence-electron chi connectivity index (χ2n) is 8.08. The molecular weight excluding hydrogens is 530 g/mol. The van der Waals surface area contributed by atoms with Gasteiger partial charge in [-0.25, -0.2) is 15.2 Å². The molecule has 1 amide bonds. The van der Waals surface area contributed by atoms with E-state index in [0.29, 0.717) is 32.6 Å². The highest BCUT2D eigenvalue weighted by molar-refractivity contribution is 9.10. The zero-order chi connectivity index (χ0) is 25.6. The fraction of sp³-hybridized carbons (Fsp3) is 0. The van der Waals surface area contributed by atoms with Gasteiger partial charge < -0.3 is 4.74 Å². The zero-order valence-electron chi connectivity index (χ0n) is 19.5. The number of pyridine rings is 1. The molecule has 5 rings (SSSR count). The Bertz CT molecular complexity index is 1630. The highest BCUT2D eigenvalue weighted by Crippen LogP contribution is 2.25. The van der Waals surface area contributed by atoms with E-state index in [1.807, 2.05) is 60.7 Å². The lowest BCUT2D eigenvalue weighted by Gasteiger charge is -2.09. The van der Waals surface area contributed by atoms with E-state index < -0.39 is 5.97 Å². The molecule has 6 nitrogen and oxygen atoms in total. The van der Waals surface area contributed by atoms with E-state index in [1.54, 1.807) is 48.5 Å². The molecule has 180 valence electrons. The van der Waals surface area contributed by atoms with Gasteiger partial charge in [0.25, 0.3) is 5.91 Å². The van der Waals surface area contributed by atoms with Gasteiger partial charge in [-0.3, -0.25) is 4.79 Å². The summed E-state index contributed by atoms with van der Waals surface area (Å²) in [6.45, 7) is 0. The van der Waals surface area contributed by atoms with E-state index in [0.717, 1.165) is 16.5 Å². The van der Waals surface area contributed by atoms with Gasteiger partial charge in [-0.2, -0.15) is 5.10 Å². The lowest BCUT2D eigenvalue weighted by molar-refractivity contribution is 0.0733. The van der Waals surface area contributed by atoms with E-state index in [4.69, 9.17) is 9.72 Å². The van der Waals surface area contributed by atoms with Crippen molar-refractivity contribution in [3.63, 3.8) is 0 Å². The number of benzene rings is 4. The molecule has 0 saturated heterocycles. The molecule has 1 aromatic heterocycles. The van der Waals surface area contributed by atoms with Crippen LogP contribution in [0.15, 0.2) is 119 Å². The Balaban J connectivity index is 1.34. The SMILES string of the molecule is O=C(Oc1cccc(C=NNC(=O)c2cc(-c3ccccc3)nc3ccccc23)c1)c1ccccc1Br. The highest BCUT2D eigenvalue weighted by atomic mass is 79.9. The Labute approximate surface area is 221 Å². The second-order valence-corrected chi connectivity index (χ2v) is 8.93. The van der Waals surface area contributed by atoms with Crippen molar-refractivity contribution in [2.45, 2.75) is 0 Å². The van der Waals surface area contributed by atoms with Gasteiger partial charge >= 0.3 is 5.97 Å². The van der Waals surface area contributed by atoms with Crippen LogP contribution < -0.4 is 10.2 Å². The molecule has 0 radical (unpaired) electrons. The minimum absolute atomic E-state index is 0.358. The zero-order valence-corrected chi connectivity index (χ0v) is 21.1. The van der Waals surface area contributed by atoms with Crippen molar-refractivity contribution >= 4 is 44.9 Å². The number of nitrogens with zero attached hydrogens (tertiary/aromatic N) is 2. The van der Waals surface area contributed by atoms with Crippen molar-refractivity contribution in [1.29, 1.82) is 0 Å². The summed E-state index contributed by atoms with van der Waals surface area (Å²) in [7, 11) is 0. The average molecular weight is 550 g/mol. The average Bonchev–Trinajstić information content (AvgIpc) is 2.93. The number of hydrogen-bond acceptors (Lipinski definition) is 5. The quantitative estimate of drug-likeness (QED) is 0.111. The Morgan fingerprint density at radius 3 is 2.41 bits per heavy atom. The topological polar surface area (TPSA) is 80.6 Å². The number of para-hydroxylation sites is 1. The molecule has 1 N–H and O–H groups in total. The summed E-state index contributed by atoms with van der Waals surface area (Å²) >= 11 is 3.36. The lowest BCUT2D eigenvalue weighted by Crippen LogP contribution is -2.18.